The second-order valence-electron chi connectivity index (χ2n) is 4.45. The van der Waals surface area contributed by atoms with Gasteiger partial charge in [0.2, 0.25) is 0 Å². The van der Waals surface area contributed by atoms with Crippen LogP contribution in [0, 0.1) is 11.6 Å². The van der Waals surface area contributed by atoms with Gasteiger partial charge in [-0.05, 0) is 36.4 Å². The third kappa shape index (κ3) is 3.42. The lowest BCUT2D eigenvalue weighted by atomic mass is 10.3. The summed E-state index contributed by atoms with van der Waals surface area (Å²) in [4.78, 5) is -0.827. The number of rotatable bonds is 4. The molecule has 5 nitrogen and oxygen atoms in total. The Balaban J connectivity index is 2.35. The summed E-state index contributed by atoms with van der Waals surface area (Å²) in [6.07, 6.45) is 1.01. The standard InChI is InChI=1S/C13H11F2NO4S2/c1-21(17,18)10-7-5-9(6-8-10)16-22(19,20)12-4-2-3-11(14)13(12)15/h2-8,16H,1H3. The smallest absolute Gasteiger partial charge is 0.264 e. The quantitative estimate of drug-likeness (QED) is 0.919. The van der Waals surface area contributed by atoms with Crippen molar-refractivity contribution < 1.29 is 25.6 Å². The summed E-state index contributed by atoms with van der Waals surface area (Å²) in [5.41, 5.74) is 0.0241. The molecule has 0 fully saturated rings. The predicted octanol–water partition coefficient (Wildman–Crippen LogP) is 2.17. The van der Waals surface area contributed by atoms with Gasteiger partial charge in [-0.25, -0.2) is 25.6 Å². The molecular weight excluding hydrogens is 336 g/mol. The molecule has 0 heterocycles. The van der Waals surface area contributed by atoms with Crippen LogP contribution >= 0.6 is 0 Å². The van der Waals surface area contributed by atoms with Crippen molar-refractivity contribution in [2.45, 2.75) is 9.79 Å². The van der Waals surface area contributed by atoms with E-state index in [0.717, 1.165) is 24.5 Å². The summed E-state index contributed by atoms with van der Waals surface area (Å²) in [5.74, 6) is -2.77. The number of hydrogen-bond acceptors (Lipinski definition) is 4. The van der Waals surface area contributed by atoms with E-state index >= 15 is 0 Å². The van der Waals surface area contributed by atoms with Crippen molar-refractivity contribution in [3.63, 3.8) is 0 Å². The molecule has 0 aliphatic rings. The molecule has 2 aromatic rings. The van der Waals surface area contributed by atoms with Crippen LogP contribution in [0.5, 0.6) is 0 Å². The highest BCUT2D eigenvalue weighted by Gasteiger charge is 2.21. The molecule has 9 heteroatoms. The minimum absolute atomic E-state index is 0.00684. The van der Waals surface area contributed by atoms with Crippen LogP contribution < -0.4 is 4.72 Å². The SMILES string of the molecule is CS(=O)(=O)c1ccc(NS(=O)(=O)c2cccc(F)c2F)cc1. The van der Waals surface area contributed by atoms with Crippen LogP contribution in [0.1, 0.15) is 0 Å². The molecule has 0 radical (unpaired) electrons. The maximum Gasteiger partial charge on any atom is 0.264 e. The fraction of sp³-hybridized carbons (Fsp3) is 0.0769. The molecule has 22 heavy (non-hydrogen) atoms. The molecule has 0 amide bonds. The number of hydrogen-bond donors (Lipinski definition) is 1. The summed E-state index contributed by atoms with van der Waals surface area (Å²) in [7, 11) is -7.74. The van der Waals surface area contributed by atoms with Gasteiger partial charge in [-0.1, -0.05) is 6.07 Å². The topological polar surface area (TPSA) is 80.3 Å². The van der Waals surface area contributed by atoms with Gasteiger partial charge >= 0.3 is 0 Å². The van der Waals surface area contributed by atoms with E-state index in [9.17, 15) is 25.6 Å². The first-order valence-electron chi connectivity index (χ1n) is 5.88. The second-order valence-corrected chi connectivity index (χ2v) is 8.12. The highest BCUT2D eigenvalue weighted by molar-refractivity contribution is 7.92. The van der Waals surface area contributed by atoms with Gasteiger partial charge in [-0.3, -0.25) is 4.72 Å². The number of sulfone groups is 1. The molecule has 2 aromatic carbocycles. The highest BCUT2D eigenvalue weighted by Crippen LogP contribution is 2.21. The van der Waals surface area contributed by atoms with Crippen molar-refractivity contribution in [3.05, 3.63) is 54.1 Å². The van der Waals surface area contributed by atoms with Crippen LogP contribution in [0.25, 0.3) is 0 Å². The first-order chi connectivity index (χ1) is 10.1. The zero-order valence-electron chi connectivity index (χ0n) is 11.2. The highest BCUT2D eigenvalue weighted by atomic mass is 32.2. The first-order valence-corrected chi connectivity index (χ1v) is 9.26. The first kappa shape index (κ1) is 16.4. The zero-order valence-corrected chi connectivity index (χ0v) is 12.9. The second kappa shape index (κ2) is 5.65. The van der Waals surface area contributed by atoms with Crippen LogP contribution in [0.3, 0.4) is 0 Å². The van der Waals surface area contributed by atoms with E-state index in [-0.39, 0.29) is 10.6 Å². The van der Waals surface area contributed by atoms with Crippen LogP contribution in [0.4, 0.5) is 14.5 Å². The van der Waals surface area contributed by atoms with E-state index < -0.39 is 36.4 Å². The van der Waals surface area contributed by atoms with Gasteiger partial charge in [0, 0.05) is 11.9 Å². The van der Waals surface area contributed by atoms with E-state index in [0.29, 0.717) is 0 Å². The minimum atomic E-state index is -4.33. The average Bonchev–Trinajstić information content (AvgIpc) is 2.40. The molecule has 0 aliphatic carbocycles. The predicted molar refractivity (Wildman–Crippen MR) is 76.7 cm³/mol. The van der Waals surface area contributed by atoms with Gasteiger partial charge in [0.25, 0.3) is 10.0 Å². The molecule has 118 valence electrons. The molecule has 2 rings (SSSR count). The molecule has 0 atom stereocenters. The third-order valence-electron chi connectivity index (χ3n) is 2.74. The zero-order chi connectivity index (χ0) is 16.5. The fourth-order valence-corrected chi connectivity index (χ4v) is 3.45. The molecule has 0 aromatic heterocycles. The van der Waals surface area contributed by atoms with E-state index in [1.807, 2.05) is 0 Å². The van der Waals surface area contributed by atoms with Crippen molar-refractivity contribution in [2.75, 3.05) is 11.0 Å². The Hall–Kier alpha value is -2.00. The molecule has 0 aliphatic heterocycles. The summed E-state index contributed by atoms with van der Waals surface area (Å²) in [6, 6.07) is 7.63. The van der Waals surface area contributed by atoms with Gasteiger partial charge in [0.15, 0.2) is 21.5 Å². The molecule has 0 unspecified atom stereocenters. The summed E-state index contributed by atoms with van der Waals surface area (Å²) in [6.45, 7) is 0. The van der Waals surface area contributed by atoms with Gasteiger partial charge < -0.3 is 0 Å². The Labute approximate surface area is 126 Å². The lowest BCUT2D eigenvalue weighted by Crippen LogP contribution is -2.15. The van der Waals surface area contributed by atoms with Crippen molar-refractivity contribution >= 4 is 25.5 Å². The Morgan fingerprint density at radius 3 is 2.05 bits per heavy atom. The van der Waals surface area contributed by atoms with Crippen LogP contribution in [0.15, 0.2) is 52.3 Å². The molecule has 1 N–H and O–H groups in total. The van der Waals surface area contributed by atoms with Gasteiger partial charge in [-0.15, -0.1) is 0 Å². The molecule has 0 bridgehead atoms. The number of nitrogens with one attached hydrogen (secondary N) is 1. The third-order valence-corrected chi connectivity index (χ3v) is 5.27. The number of benzene rings is 2. The number of sulfonamides is 1. The van der Waals surface area contributed by atoms with Crippen LogP contribution in [-0.2, 0) is 19.9 Å². The van der Waals surface area contributed by atoms with Crippen molar-refractivity contribution in [1.29, 1.82) is 0 Å². The van der Waals surface area contributed by atoms with E-state index in [1.165, 1.54) is 24.3 Å². The number of anilines is 1. The Morgan fingerprint density at radius 2 is 1.50 bits per heavy atom. The van der Waals surface area contributed by atoms with E-state index in [4.69, 9.17) is 0 Å². The maximum atomic E-state index is 13.5. The largest absolute Gasteiger partial charge is 0.280 e. The summed E-state index contributed by atoms with van der Waals surface area (Å²) in [5, 5.41) is 0. The molecule has 0 saturated heterocycles. The molecule has 0 saturated carbocycles. The Morgan fingerprint density at radius 1 is 0.909 bits per heavy atom. The lowest BCUT2D eigenvalue weighted by molar-refractivity contribution is 0.485. The van der Waals surface area contributed by atoms with Gasteiger partial charge in [0.1, 0.15) is 4.90 Å². The van der Waals surface area contributed by atoms with Crippen molar-refractivity contribution in [1.82, 2.24) is 0 Å². The van der Waals surface area contributed by atoms with E-state index in [2.05, 4.69) is 4.72 Å². The van der Waals surface area contributed by atoms with Gasteiger partial charge in [-0.2, -0.15) is 0 Å². The monoisotopic (exact) mass is 347 g/mol. The van der Waals surface area contributed by atoms with Crippen LogP contribution in [0.2, 0.25) is 0 Å². The summed E-state index contributed by atoms with van der Waals surface area (Å²) < 4.78 is 75.3. The molecule has 0 spiro atoms. The van der Waals surface area contributed by atoms with E-state index in [1.54, 1.807) is 0 Å². The van der Waals surface area contributed by atoms with Crippen molar-refractivity contribution in [2.24, 2.45) is 0 Å². The van der Waals surface area contributed by atoms with Gasteiger partial charge in [0.05, 0.1) is 4.90 Å². The Kier molecular flexibility index (Phi) is 4.21. The normalized spacial score (nSPS) is 12.1. The Bertz CT molecular complexity index is 908. The average molecular weight is 347 g/mol. The maximum absolute atomic E-state index is 13.5. The fourth-order valence-electron chi connectivity index (χ4n) is 1.67. The number of halogens is 2. The summed E-state index contributed by atoms with van der Waals surface area (Å²) >= 11 is 0. The molecular formula is C13H11F2NO4S2. The van der Waals surface area contributed by atoms with Crippen LogP contribution in [-0.4, -0.2) is 23.1 Å². The van der Waals surface area contributed by atoms with Crippen molar-refractivity contribution in [3.8, 4) is 0 Å². The lowest BCUT2D eigenvalue weighted by Gasteiger charge is -2.09. The minimum Gasteiger partial charge on any atom is -0.280 e.